The molecule has 1 aliphatic carbocycles. The predicted molar refractivity (Wildman–Crippen MR) is 34.8 cm³/mol. The van der Waals surface area contributed by atoms with Crippen molar-refractivity contribution in [3.63, 3.8) is 0 Å². The third-order valence-electron chi connectivity index (χ3n) is 1.04. The summed E-state index contributed by atoms with van der Waals surface area (Å²) in [5.74, 6) is 0.201. The molecule has 0 radical (unpaired) electrons. The molecule has 0 aliphatic heterocycles. The fraction of sp³-hybridized carbons (Fsp3) is 0.750. The van der Waals surface area contributed by atoms with Crippen molar-refractivity contribution in [1.29, 1.82) is 0 Å². The molecule has 1 unspecified atom stereocenters. The van der Waals surface area contributed by atoms with Crippen LogP contribution in [0.3, 0.4) is 0 Å². The first-order valence-corrected chi connectivity index (χ1v) is 3.58. The van der Waals surface area contributed by atoms with Gasteiger partial charge in [0.15, 0.2) is 0 Å². The van der Waals surface area contributed by atoms with E-state index in [4.69, 9.17) is 0 Å². The molecule has 40 valence electrons. The lowest BCUT2D eigenvalue weighted by Gasteiger charge is -1.85. The zero-order valence-corrected chi connectivity index (χ0v) is 6.70. The Bertz CT molecular complexity index is 99.9. The van der Waals surface area contributed by atoms with Gasteiger partial charge in [-0.15, -0.1) is 0 Å². The molecular weight excluding hydrogens is 224 g/mol. The van der Waals surface area contributed by atoms with Crippen molar-refractivity contribution in [1.82, 2.24) is 0 Å². The van der Waals surface area contributed by atoms with Crippen molar-refractivity contribution < 1.29 is 4.79 Å². The Morgan fingerprint density at radius 3 is 2.14 bits per heavy atom. The summed E-state index contributed by atoms with van der Waals surface area (Å²) in [5, 5.41) is 0. The van der Waals surface area contributed by atoms with Crippen molar-refractivity contribution in [2.24, 2.45) is 5.92 Å². The van der Waals surface area contributed by atoms with Gasteiger partial charge in [0.1, 0.15) is 6.29 Å². The van der Waals surface area contributed by atoms with Gasteiger partial charge >= 0.3 is 0 Å². The summed E-state index contributed by atoms with van der Waals surface area (Å²) in [6.07, 6.45) is 1.89. The van der Waals surface area contributed by atoms with E-state index >= 15 is 0 Å². The largest absolute Gasteiger partial charge is 0.303 e. The molecule has 1 saturated carbocycles. The van der Waals surface area contributed by atoms with Gasteiger partial charge < -0.3 is 4.79 Å². The molecule has 7 heavy (non-hydrogen) atoms. The molecule has 0 aromatic carbocycles. The van der Waals surface area contributed by atoms with Crippen molar-refractivity contribution in [3.05, 3.63) is 0 Å². The summed E-state index contributed by atoms with van der Waals surface area (Å²) in [6.45, 7) is 0. The molecule has 0 aromatic heterocycles. The minimum atomic E-state index is -0.0260. The van der Waals surface area contributed by atoms with E-state index in [0.29, 0.717) is 0 Å². The lowest BCUT2D eigenvalue weighted by atomic mass is 10.5. The van der Waals surface area contributed by atoms with Crippen LogP contribution in [-0.2, 0) is 4.79 Å². The molecule has 1 nitrogen and oxygen atoms in total. The third kappa shape index (κ3) is 1.05. The number of hydrogen-bond donors (Lipinski definition) is 0. The van der Waals surface area contributed by atoms with E-state index in [0.717, 1.165) is 12.7 Å². The molecule has 0 saturated heterocycles. The third-order valence-corrected chi connectivity index (χ3v) is 2.86. The highest BCUT2D eigenvalue weighted by atomic mass is 79.9. The normalized spacial score (nSPS) is 34.9. The average molecular weight is 228 g/mol. The topological polar surface area (TPSA) is 17.1 Å². The molecule has 1 rings (SSSR count). The molecule has 0 aromatic rings. The Hall–Kier alpha value is 0.630. The number of halogens is 2. The standard InChI is InChI=1S/C4H4Br2O/c5-4(6)1-3(4)2-7/h2-3H,1H2. The van der Waals surface area contributed by atoms with E-state index in [1.54, 1.807) is 0 Å². The van der Waals surface area contributed by atoms with Crippen LogP contribution in [-0.4, -0.2) is 9.52 Å². The molecule has 0 spiro atoms. The molecule has 0 amide bonds. The van der Waals surface area contributed by atoms with Gasteiger partial charge in [-0.25, -0.2) is 0 Å². The Morgan fingerprint density at radius 1 is 1.71 bits per heavy atom. The molecule has 1 atom stereocenters. The number of carbonyl (C=O) groups excluding carboxylic acids is 1. The van der Waals surface area contributed by atoms with Crippen LogP contribution in [0.1, 0.15) is 6.42 Å². The fourth-order valence-corrected chi connectivity index (χ4v) is 1.30. The molecule has 0 bridgehead atoms. The monoisotopic (exact) mass is 226 g/mol. The predicted octanol–water partition coefficient (Wildman–Crippen LogP) is 1.69. The maximum atomic E-state index is 9.92. The van der Waals surface area contributed by atoms with Crippen LogP contribution in [0.5, 0.6) is 0 Å². The maximum Gasteiger partial charge on any atom is 0.125 e. The van der Waals surface area contributed by atoms with Gasteiger partial charge in [0.05, 0.1) is 3.23 Å². The molecule has 3 heteroatoms. The van der Waals surface area contributed by atoms with Gasteiger partial charge in [0, 0.05) is 5.92 Å². The smallest absolute Gasteiger partial charge is 0.125 e. The lowest BCUT2D eigenvalue weighted by Crippen LogP contribution is -1.86. The summed E-state index contributed by atoms with van der Waals surface area (Å²) < 4.78 is -0.0260. The summed E-state index contributed by atoms with van der Waals surface area (Å²) in [7, 11) is 0. The van der Waals surface area contributed by atoms with E-state index in [9.17, 15) is 4.79 Å². The highest BCUT2D eigenvalue weighted by Gasteiger charge is 2.50. The average Bonchev–Trinajstić information content (AvgIpc) is 2.13. The zero-order valence-electron chi connectivity index (χ0n) is 3.53. The first-order valence-electron chi connectivity index (χ1n) is 2.00. The SMILES string of the molecule is O=CC1CC1(Br)Br. The van der Waals surface area contributed by atoms with Crippen molar-refractivity contribution >= 4 is 38.1 Å². The van der Waals surface area contributed by atoms with E-state index in [1.165, 1.54) is 0 Å². The molecular formula is C4H4Br2O. The Balaban J connectivity index is 2.44. The van der Waals surface area contributed by atoms with Crippen molar-refractivity contribution in [2.45, 2.75) is 9.65 Å². The van der Waals surface area contributed by atoms with Gasteiger partial charge in [-0.2, -0.15) is 0 Å². The number of alkyl halides is 2. The van der Waals surface area contributed by atoms with Crippen LogP contribution in [0.25, 0.3) is 0 Å². The number of hydrogen-bond acceptors (Lipinski definition) is 1. The highest BCUT2D eigenvalue weighted by molar-refractivity contribution is 9.25. The summed E-state index contributed by atoms with van der Waals surface area (Å²) in [5.41, 5.74) is 0. The van der Waals surface area contributed by atoms with Gasteiger partial charge in [0.2, 0.25) is 0 Å². The van der Waals surface area contributed by atoms with Crippen LogP contribution in [0.4, 0.5) is 0 Å². The fourth-order valence-electron chi connectivity index (χ4n) is 0.382. The van der Waals surface area contributed by atoms with Gasteiger partial charge in [0.25, 0.3) is 0 Å². The van der Waals surface area contributed by atoms with Crippen LogP contribution in [0.15, 0.2) is 0 Å². The number of aldehydes is 1. The summed E-state index contributed by atoms with van der Waals surface area (Å²) in [4.78, 5) is 9.92. The van der Waals surface area contributed by atoms with Crippen LogP contribution >= 0.6 is 31.9 Å². The highest BCUT2D eigenvalue weighted by Crippen LogP contribution is 2.54. The van der Waals surface area contributed by atoms with E-state index in [2.05, 4.69) is 31.9 Å². The van der Waals surface area contributed by atoms with E-state index in [-0.39, 0.29) is 9.15 Å². The lowest BCUT2D eigenvalue weighted by molar-refractivity contribution is -0.108. The second-order valence-electron chi connectivity index (χ2n) is 1.71. The molecule has 0 heterocycles. The van der Waals surface area contributed by atoms with E-state index < -0.39 is 0 Å². The summed E-state index contributed by atoms with van der Waals surface area (Å²) >= 11 is 6.60. The zero-order chi connectivity index (χ0) is 5.49. The van der Waals surface area contributed by atoms with Crippen molar-refractivity contribution in [2.75, 3.05) is 0 Å². The van der Waals surface area contributed by atoms with Gasteiger partial charge in [-0.1, -0.05) is 31.9 Å². The van der Waals surface area contributed by atoms with E-state index in [1.807, 2.05) is 0 Å². The van der Waals surface area contributed by atoms with Crippen LogP contribution < -0.4 is 0 Å². The molecule has 1 fully saturated rings. The molecule has 1 aliphatic rings. The van der Waals surface area contributed by atoms with Gasteiger partial charge in [-0.3, -0.25) is 0 Å². The molecule has 0 N–H and O–H groups in total. The number of rotatable bonds is 1. The van der Waals surface area contributed by atoms with Crippen LogP contribution in [0, 0.1) is 5.92 Å². The first-order chi connectivity index (χ1) is 3.17. The maximum absolute atomic E-state index is 9.92. The first kappa shape index (κ1) is 5.76. The Labute approximate surface area is 58.7 Å². The van der Waals surface area contributed by atoms with Crippen molar-refractivity contribution in [3.8, 4) is 0 Å². The van der Waals surface area contributed by atoms with Crippen LogP contribution in [0.2, 0.25) is 0 Å². The number of carbonyl (C=O) groups is 1. The quantitative estimate of drug-likeness (QED) is 0.492. The second kappa shape index (κ2) is 1.55. The van der Waals surface area contributed by atoms with Gasteiger partial charge in [-0.05, 0) is 6.42 Å². The second-order valence-corrected chi connectivity index (χ2v) is 5.60. The summed E-state index contributed by atoms with van der Waals surface area (Å²) in [6, 6.07) is 0. The minimum Gasteiger partial charge on any atom is -0.303 e. The Morgan fingerprint density at radius 2 is 2.14 bits per heavy atom. The Kier molecular flexibility index (Phi) is 1.28. The minimum absolute atomic E-state index is 0.0260.